The van der Waals surface area contributed by atoms with Gasteiger partial charge in [0.05, 0.1) is 0 Å². The molecular formula is C13H16FNO. The summed E-state index contributed by atoms with van der Waals surface area (Å²) in [6, 6.07) is 4.60. The van der Waals surface area contributed by atoms with Gasteiger partial charge in [0.2, 0.25) is 0 Å². The van der Waals surface area contributed by atoms with Crippen molar-refractivity contribution in [1.29, 1.82) is 0 Å². The third-order valence-corrected chi connectivity index (χ3v) is 3.01. The third kappa shape index (κ3) is 2.40. The highest BCUT2D eigenvalue weighted by atomic mass is 19.1. The van der Waals surface area contributed by atoms with Gasteiger partial charge in [0, 0.05) is 24.3 Å². The molecule has 1 aliphatic heterocycles. The van der Waals surface area contributed by atoms with Gasteiger partial charge in [-0.3, -0.25) is 4.79 Å². The number of benzene rings is 1. The Hall–Kier alpha value is -1.38. The number of Topliss-reactive ketones (excluding diaryl/α,β-unsaturated/α-hetero) is 1. The summed E-state index contributed by atoms with van der Waals surface area (Å²) in [5, 5.41) is 0. The van der Waals surface area contributed by atoms with Crippen LogP contribution in [0.25, 0.3) is 0 Å². The van der Waals surface area contributed by atoms with Gasteiger partial charge in [0.15, 0.2) is 5.78 Å². The van der Waals surface area contributed by atoms with Crippen molar-refractivity contribution in [2.75, 3.05) is 18.0 Å². The molecule has 0 aliphatic carbocycles. The molecule has 0 atom stereocenters. The zero-order chi connectivity index (χ0) is 11.5. The number of piperidine rings is 1. The minimum absolute atomic E-state index is 0.0854. The lowest BCUT2D eigenvalue weighted by atomic mass is 10.1. The Labute approximate surface area is 95.1 Å². The summed E-state index contributed by atoms with van der Waals surface area (Å²) in [4.78, 5) is 13.4. The second-order valence-electron chi connectivity index (χ2n) is 4.30. The average Bonchev–Trinajstić information content (AvgIpc) is 2.29. The van der Waals surface area contributed by atoms with E-state index in [4.69, 9.17) is 0 Å². The molecule has 1 heterocycles. The highest BCUT2D eigenvalue weighted by Crippen LogP contribution is 2.22. The molecule has 3 heteroatoms. The monoisotopic (exact) mass is 221 g/mol. The van der Waals surface area contributed by atoms with Crippen LogP contribution in [-0.4, -0.2) is 18.9 Å². The normalized spacial score (nSPS) is 16.2. The molecule has 1 fully saturated rings. The molecule has 1 saturated heterocycles. The number of nitrogens with zero attached hydrogens (tertiary/aromatic N) is 1. The van der Waals surface area contributed by atoms with Gasteiger partial charge >= 0.3 is 0 Å². The predicted molar refractivity (Wildman–Crippen MR) is 62.5 cm³/mol. The Balaban J connectivity index is 2.28. The number of hydrogen-bond donors (Lipinski definition) is 0. The molecule has 0 amide bonds. The molecule has 2 nitrogen and oxygen atoms in total. The van der Waals surface area contributed by atoms with Crippen LogP contribution in [0.1, 0.15) is 36.5 Å². The highest BCUT2D eigenvalue weighted by molar-refractivity contribution is 5.95. The zero-order valence-corrected chi connectivity index (χ0v) is 9.50. The van der Waals surface area contributed by atoms with Crippen molar-refractivity contribution in [3.05, 3.63) is 29.6 Å². The summed E-state index contributed by atoms with van der Waals surface area (Å²) in [6.45, 7) is 3.39. The molecule has 0 spiro atoms. The molecule has 1 aliphatic rings. The standard InChI is InChI=1S/C13H16FNO/c1-10(16)11-7-12(14)9-13(8-11)15-5-3-2-4-6-15/h7-9H,2-6H2,1H3. The van der Waals surface area contributed by atoms with Crippen LogP contribution in [0.15, 0.2) is 18.2 Å². The van der Waals surface area contributed by atoms with Crippen LogP contribution in [-0.2, 0) is 0 Å². The fourth-order valence-corrected chi connectivity index (χ4v) is 2.11. The van der Waals surface area contributed by atoms with Crippen molar-refractivity contribution in [2.24, 2.45) is 0 Å². The van der Waals surface area contributed by atoms with Gasteiger partial charge in [-0.2, -0.15) is 0 Å². The minimum Gasteiger partial charge on any atom is -0.371 e. The predicted octanol–water partition coefficient (Wildman–Crippen LogP) is 3.02. The second kappa shape index (κ2) is 4.64. The van der Waals surface area contributed by atoms with Crippen LogP contribution in [0.2, 0.25) is 0 Å². The fourth-order valence-electron chi connectivity index (χ4n) is 2.11. The van der Waals surface area contributed by atoms with Gasteiger partial charge in [-0.15, -0.1) is 0 Å². The van der Waals surface area contributed by atoms with Gasteiger partial charge in [0.25, 0.3) is 0 Å². The molecular weight excluding hydrogens is 205 g/mol. The number of carbonyl (C=O) groups excluding carboxylic acids is 1. The number of rotatable bonds is 2. The molecule has 0 bridgehead atoms. The van der Waals surface area contributed by atoms with E-state index in [1.807, 2.05) is 0 Å². The van der Waals surface area contributed by atoms with Gasteiger partial charge in [-0.05, 0) is 44.4 Å². The summed E-state index contributed by atoms with van der Waals surface area (Å²) in [6.07, 6.45) is 3.53. The first-order valence-corrected chi connectivity index (χ1v) is 5.73. The van der Waals surface area contributed by atoms with Crippen molar-refractivity contribution in [1.82, 2.24) is 0 Å². The van der Waals surface area contributed by atoms with Crippen LogP contribution in [0.5, 0.6) is 0 Å². The minimum atomic E-state index is -0.326. The molecule has 0 aromatic heterocycles. The molecule has 0 N–H and O–H groups in total. The Morgan fingerprint density at radius 2 is 1.88 bits per heavy atom. The van der Waals surface area contributed by atoms with Crippen molar-refractivity contribution < 1.29 is 9.18 Å². The Kier molecular flexibility index (Phi) is 3.22. The molecule has 86 valence electrons. The molecule has 1 aromatic carbocycles. The van der Waals surface area contributed by atoms with E-state index in [1.54, 1.807) is 6.07 Å². The lowest BCUT2D eigenvalue weighted by molar-refractivity contribution is 0.101. The van der Waals surface area contributed by atoms with E-state index in [1.165, 1.54) is 25.5 Å². The molecule has 0 saturated carbocycles. The van der Waals surface area contributed by atoms with Crippen LogP contribution in [0, 0.1) is 5.82 Å². The number of hydrogen-bond acceptors (Lipinski definition) is 2. The molecule has 2 rings (SSSR count). The Morgan fingerprint density at radius 3 is 2.50 bits per heavy atom. The van der Waals surface area contributed by atoms with E-state index in [0.717, 1.165) is 31.6 Å². The van der Waals surface area contributed by atoms with E-state index in [-0.39, 0.29) is 11.6 Å². The van der Waals surface area contributed by atoms with Crippen molar-refractivity contribution in [3.8, 4) is 0 Å². The maximum absolute atomic E-state index is 13.4. The smallest absolute Gasteiger partial charge is 0.159 e. The van der Waals surface area contributed by atoms with E-state index in [2.05, 4.69) is 4.90 Å². The number of anilines is 1. The van der Waals surface area contributed by atoms with Crippen molar-refractivity contribution in [2.45, 2.75) is 26.2 Å². The largest absolute Gasteiger partial charge is 0.371 e. The molecule has 16 heavy (non-hydrogen) atoms. The number of halogens is 1. The summed E-state index contributed by atoms with van der Waals surface area (Å²) >= 11 is 0. The number of ketones is 1. The lowest BCUT2D eigenvalue weighted by Crippen LogP contribution is -2.29. The van der Waals surface area contributed by atoms with Crippen LogP contribution in [0.4, 0.5) is 10.1 Å². The number of carbonyl (C=O) groups is 1. The van der Waals surface area contributed by atoms with E-state index < -0.39 is 0 Å². The Morgan fingerprint density at radius 1 is 1.19 bits per heavy atom. The molecule has 0 radical (unpaired) electrons. The van der Waals surface area contributed by atoms with Crippen molar-refractivity contribution >= 4 is 11.5 Å². The maximum atomic E-state index is 13.4. The second-order valence-corrected chi connectivity index (χ2v) is 4.30. The highest BCUT2D eigenvalue weighted by Gasteiger charge is 2.13. The third-order valence-electron chi connectivity index (χ3n) is 3.01. The van der Waals surface area contributed by atoms with Gasteiger partial charge < -0.3 is 4.90 Å². The summed E-state index contributed by atoms with van der Waals surface area (Å²) in [7, 11) is 0. The van der Waals surface area contributed by atoms with E-state index in [9.17, 15) is 9.18 Å². The average molecular weight is 221 g/mol. The zero-order valence-electron chi connectivity index (χ0n) is 9.50. The van der Waals surface area contributed by atoms with Crippen LogP contribution < -0.4 is 4.90 Å². The first kappa shape index (κ1) is 11.1. The molecule has 0 unspecified atom stereocenters. The quantitative estimate of drug-likeness (QED) is 0.715. The first-order chi connectivity index (χ1) is 7.66. The summed E-state index contributed by atoms with van der Waals surface area (Å²) in [5.41, 5.74) is 1.30. The van der Waals surface area contributed by atoms with E-state index >= 15 is 0 Å². The maximum Gasteiger partial charge on any atom is 0.159 e. The topological polar surface area (TPSA) is 20.3 Å². The summed E-state index contributed by atoms with van der Waals surface area (Å²) in [5.74, 6) is -0.411. The van der Waals surface area contributed by atoms with Crippen LogP contribution >= 0.6 is 0 Å². The SMILES string of the molecule is CC(=O)c1cc(F)cc(N2CCCCC2)c1. The van der Waals surface area contributed by atoms with E-state index in [0.29, 0.717) is 5.56 Å². The van der Waals surface area contributed by atoms with Crippen LogP contribution in [0.3, 0.4) is 0 Å². The summed E-state index contributed by atoms with van der Waals surface area (Å²) < 4.78 is 13.4. The first-order valence-electron chi connectivity index (χ1n) is 5.73. The van der Waals surface area contributed by atoms with Gasteiger partial charge in [-0.25, -0.2) is 4.39 Å². The van der Waals surface area contributed by atoms with Gasteiger partial charge in [0.1, 0.15) is 5.82 Å². The molecule has 1 aromatic rings. The lowest BCUT2D eigenvalue weighted by Gasteiger charge is -2.29. The van der Waals surface area contributed by atoms with Gasteiger partial charge in [-0.1, -0.05) is 0 Å². The Bertz CT molecular complexity index is 397. The fraction of sp³-hybridized carbons (Fsp3) is 0.462. The van der Waals surface area contributed by atoms with Crippen molar-refractivity contribution in [3.63, 3.8) is 0 Å².